The molecule has 0 bridgehead atoms. The van der Waals surface area contributed by atoms with Crippen molar-refractivity contribution in [3.05, 3.63) is 69.7 Å². The third-order valence-corrected chi connectivity index (χ3v) is 5.16. The molecule has 1 atom stereocenters. The summed E-state index contributed by atoms with van der Waals surface area (Å²) in [6, 6.07) is 17.5. The van der Waals surface area contributed by atoms with Crippen LogP contribution in [-0.2, 0) is 6.42 Å². The maximum absolute atomic E-state index is 3.66. The van der Waals surface area contributed by atoms with Gasteiger partial charge in [-0.25, -0.2) is 0 Å². The summed E-state index contributed by atoms with van der Waals surface area (Å²) in [5.74, 6) is 1.09. The number of rotatable bonds is 5. The number of benzene rings is 2. The molecule has 0 aliphatic heterocycles. The fourth-order valence-electron chi connectivity index (χ4n) is 2.38. The van der Waals surface area contributed by atoms with Crippen molar-refractivity contribution in [1.29, 1.82) is 0 Å². The Morgan fingerprint density at radius 2 is 1.60 bits per heavy atom. The molecule has 0 radical (unpaired) electrons. The summed E-state index contributed by atoms with van der Waals surface area (Å²) in [6.45, 7) is 4.47. The van der Waals surface area contributed by atoms with Crippen molar-refractivity contribution in [2.45, 2.75) is 32.1 Å². The maximum atomic E-state index is 3.66. The molecule has 106 valence electrons. The molecular formula is C18H20Br2. The predicted molar refractivity (Wildman–Crippen MR) is 94.9 cm³/mol. The van der Waals surface area contributed by atoms with E-state index in [9.17, 15) is 0 Å². The molecule has 0 nitrogen and oxygen atoms in total. The van der Waals surface area contributed by atoms with Gasteiger partial charge in [0.1, 0.15) is 0 Å². The second-order valence-corrected chi connectivity index (χ2v) is 6.97. The first-order valence-corrected chi connectivity index (χ1v) is 8.92. The van der Waals surface area contributed by atoms with Gasteiger partial charge in [0.2, 0.25) is 0 Å². The van der Waals surface area contributed by atoms with Crippen LogP contribution in [-0.4, -0.2) is 5.33 Å². The zero-order chi connectivity index (χ0) is 14.5. The molecule has 0 aliphatic carbocycles. The number of hydrogen-bond donors (Lipinski definition) is 0. The molecule has 2 aromatic rings. The van der Waals surface area contributed by atoms with Crippen molar-refractivity contribution < 1.29 is 0 Å². The lowest BCUT2D eigenvalue weighted by atomic mass is 9.92. The highest BCUT2D eigenvalue weighted by atomic mass is 79.9. The van der Waals surface area contributed by atoms with Gasteiger partial charge in [0.05, 0.1) is 0 Å². The van der Waals surface area contributed by atoms with Gasteiger partial charge in [0, 0.05) is 9.80 Å². The van der Waals surface area contributed by atoms with Crippen LogP contribution >= 0.6 is 31.9 Å². The molecule has 0 aromatic heterocycles. The molecule has 0 amide bonds. The highest BCUT2D eigenvalue weighted by molar-refractivity contribution is 9.10. The van der Waals surface area contributed by atoms with Crippen LogP contribution < -0.4 is 0 Å². The molecule has 2 heteroatoms. The SMILES string of the molecule is CC(C)c1ccc(CC(CBr)c2ccccc2Br)cc1. The lowest BCUT2D eigenvalue weighted by molar-refractivity contribution is 0.769. The van der Waals surface area contributed by atoms with Crippen LogP contribution in [0.3, 0.4) is 0 Å². The van der Waals surface area contributed by atoms with E-state index in [1.807, 2.05) is 0 Å². The van der Waals surface area contributed by atoms with Crippen molar-refractivity contribution in [3.63, 3.8) is 0 Å². The van der Waals surface area contributed by atoms with E-state index in [0.29, 0.717) is 11.8 Å². The number of alkyl halides is 1. The Labute approximate surface area is 138 Å². The van der Waals surface area contributed by atoms with Gasteiger partial charge < -0.3 is 0 Å². The van der Waals surface area contributed by atoms with E-state index in [0.717, 1.165) is 11.8 Å². The molecular weight excluding hydrogens is 376 g/mol. The molecule has 0 aliphatic rings. The summed E-state index contributed by atoms with van der Waals surface area (Å²) in [7, 11) is 0. The molecule has 0 saturated carbocycles. The molecule has 2 rings (SSSR count). The van der Waals surface area contributed by atoms with Crippen molar-refractivity contribution in [2.24, 2.45) is 0 Å². The minimum atomic E-state index is 0.496. The summed E-state index contributed by atoms with van der Waals surface area (Å²) < 4.78 is 1.20. The summed E-state index contributed by atoms with van der Waals surface area (Å²) >= 11 is 7.32. The molecule has 0 fully saturated rings. The standard InChI is InChI=1S/C18H20Br2/c1-13(2)15-9-7-14(8-10-15)11-16(12-19)17-5-3-4-6-18(17)20/h3-10,13,16H,11-12H2,1-2H3. The van der Waals surface area contributed by atoms with Crippen LogP contribution in [0.4, 0.5) is 0 Å². The zero-order valence-corrected chi connectivity index (χ0v) is 15.1. The van der Waals surface area contributed by atoms with Crippen molar-refractivity contribution >= 4 is 31.9 Å². The van der Waals surface area contributed by atoms with Crippen molar-refractivity contribution in [2.75, 3.05) is 5.33 Å². The van der Waals surface area contributed by atoms with Crippen molar-refractivity contribution in [3.8, 4) is 0 Å². The first-order valence-electron chi connectivity index (χ1n) is 7.01. The summed E-state index contributed by atoms with van der Waals surface area (Å²) in [5.41, 5.74) is 4.18. The van der Waals surface area contributed by atoms with E-state index >= 15 is 0 Å². The normalized spacial score (nSPS) is 12.7. The Morgan fingerprint density at radius 3 is 2.15 bits per heavy atom. The maximum Gasteiger partial charge on any atom is 0.0210 e. The second-order valence-electron chi connectivity index (χ2n) is 5.47. The molecule has 2 aromatic carbocycles. The van der Waals surface area contributed by atoms with Gasteiger partial charge in [-0.05, 0) is 41.0 Å². The zero-order valence-electron chi connectivity index (χ0n) is 11.9. The van der Waals surface area contributed by atoms with Gasteiger partial charge >= 0.3 is 0 Å². The molecule has 1 unspecified atom stereocenters. The molecule has 0 spiro atoms. The Kier molecular flexibility index (Phi) is 5.86. The summed E-state index contributed by atoms with van der Waals surface area (Å²) in [6.07, 6.45) is 1.06. The monoisotopic (exact) mass is 394 g/mol. The Bertz CT molecular complexity index is 544. The lowest BCUT2D eigenvalue weighted by Gasteiger charge is -2.17. The summed E-state index contributed by atoms with van der Waals surface area (Å²) in [5, 5.41) is 0.974. The van der Waals surface area contributed by atoms with Gasteiger partial charge in [0.15, 0.2) is 0 Å². The largest absolute Gasteiger partial charge is 0.0921 e. The highest BCUT2D eigenvalue weighted by Crippen LogP contribution is 2.29. The van der Waals surface area contributed by atoms with Gasteiger partial charge in [0.25, 0.3) is 0 Å². The molecule has 20 heavy (non-hydrogen) atoms. The molecule has 0 heterocycles. The summed E-state index contributed by atoms with van der Waals surface area (Å²) in [4.78, 5) is 0. The first kappa shape index (κ1) is 15.8. The second kappa shape index (κ2) is 7.42. The van der Waals surface area contributed by atoms with Gasteiger partial charge in [-0.2, -0.15) is 0 Å². The Hall–Kier alpha value is -0.600. The van der Waals surface area contributed by atoms with Gasteiger partial charge in [-0.15, -0.1) is 0 Å². The van der Waals surface area contributed by atoms with E-state index in [1.165, 1.54) is 21.2 Å². The fraction of sp³-hybridized carbons (Fsp3) is 0.333. The van der Waals surface area contributed by atoms with E-state index in [1.54, 1.807) is 0 Å². The average Bonchev–Trinajstić information content (AvgIpc) is 2.46. The topological polar surface area (TPSA) is 0 Å². The van der Waals surface area contributed by atoms with E-state index in [-0.39, 0.29) is 0 Å². The molecule has 0 saturated heterocycles. The van der Waals surface area contributed by atoms with E-state index in [4.69, 9.17) is 0 Å². The third kappa shape index (κ3) is 3.95. The van der Waals surface area contributed by atoms with Gasteiger partial charge in [-0.3, -0.25) is 0 Å². The lowest BCUT2D eigenvalue weighted by Crippen LogP contribution is -2.05. The van der Waals surface area contributed by atoms with Crippen LogP contribution in [0.5, 0.6) is 0 Å². The van der Waals surface area contributed by atoms with E-state index < -0.39 is 0 Å². The average molecular weight is 396 g/mol. The third-order valence-electron chi connectivity index (χ3n) is 3.66. The van der Waals surface area contributed by atoms with Crippen LogP contribution in [0.15, 0.2) is 53.0 Å². The quantitative estimate of drug-likeness (QED) is 0.521. The van der Waals surface area contributed by atoms with Crippen LogP contribution in [0.25, 0.3) is 0 Å². The Balaban J connectivity index is 2.16. The number of halogens is 2. The van der Waals surface area contributed by atoms with Crippen LogP contribution in [0.1, 0.15) is 42.4 Å². The first-order chi connectivity index (χ1) is 9.61. The minimum absolute atomic E-state index is 0.496. The van der Waals surface area contributed by atoms with E-state index in [2.05, 4.69) is 94.2 Å². The van der Waals surface area contributed by atoms with Crippen LogP contribution in [0, 0.1) is 0 Å². The van der Waals surface area contributed by atoms with Crippen LogP contribution in [0.2, 0.25) is 0 Å². The fourth-order valence-corrected chi connectivity index (χ4v) is 3.56. The molecule has 0 N–H and O–H groups in total. The Morgan fingerprint density at radius 1 is 0.950 bits per heavy atom. The highest BCUT2D eigenvalue weighted by Gasteiger charge is 2.14. The minimum Gasteiger partial charge on any atom is -0.0921 e. The number of hydrogen-bond acceptors (Lipinski definition) is 0. The van der Waals surface area contributed by atoms with Crippen molar-refractivity contribution in [1.82, 2.24) is 0 Å². The van der Waals surface area contributed by atoms with Gasteiger partial charge in [-0.1, -0.05) is 88.2 Å². The predicted octanol–water partition coefficient (Wildman–Crippen LogP) is 6.29. The smallest absolute Gasteiger partial charge is 0.0210 e.